The van der Waals surface area contributed by atoms with Crippen molar-refractivity contribution in [2.24, 2.45) is 11.8 Å². The van der Waals surface area contributed by atoms with Gasteiger partial charge >= 0.3 is 5.97 Å². The summed E-state index contributed by atoms with van der Waals surface area (Å²) in [6.45, 7) is 1.26. The van der Waals surface area contributed by atoms with Crippen LogP contribution in [0.2, 0.25) is 0 Å². The highest BCUT2D eigenvalue weighted by Crippen LogP contribution is 2.55. The molecule has 0 radical (unpaired) electrons. The van der Waals surface area contributed by atoms with Crippen molar-refractivity contribution in [3.8, 4) is 0 Å². The van der Waals surface area contributed by atoms with Gasteiger partial charge < -0.3 is 9.84 Å². The molecule has 16 heavy (non-hydrogen) atoms. The van der Waals surface area contributed by atoms with Crippen molar-refractivity contribution in [2.75, 3.05) is 13.2 Å². The summed E-state index contributed by atoms with van der Waals surface area (Å²) < 4.78 is 5.30. The Labute approximate surface area is 93.3 Å². The summed E-state index contributed by atoms with van der Waals surface area (Å²) in [7, 11) is 0. The molecule has 1 aliphatic heterocycles. The first-order valence-corrected chi connectivity index (χ1v) is 5.45. The molecule has 2 heterocycles. The maximum atomic E-state index is 10.9. The van der Waals surface area contributed by atoms with Gasteiger partial charge in [0.1, 0.15) is 0 Å². The summed E-state index contributed by atoms with van der Waals surface area (Å²) in [5, 5.41) is 9.00. The summed E-state index contributed by atoms with van der Waals surface area (Å²) in [6, 6.07) is 3.92. The Morgan fingerprint density at radius 1 is 1.56 bits per heavy atom. The lowest BCUT2D eigenvalue weighted by Gasteiger charge is -2.42. The minimum Gasteiger partial charge on any atom is -0.481 e. The van der Waals surface area contributed by atoms with E-state index < -0.39 is 5.97 Å². The first-order valence-electron chi connectivity index (χ1n) is 5.45. The zero-order valence-electron chi connectivity index (χ0n) is 8.80. The van der Waals surface area contributed by atoms with Crippen molar-refractivity contribution in [1.29, 1.82) is 0 Å². The third-order valence-corrected chi connectivity index (χ3v) is 3.77. The number of carbonyl (C=O) groups is 1. The molecule has 3 rings (SSSR count). The summed E-state index contributed by atoms with van der Waals surface area (Å²) in [5.41, 5.74) is 1.03. The topological polar surface area (TPSA) is 59.4 Å². The van der Waals surface area contributed by atoms with E-state index in [2.05, 4.69) is 4.98 Å². The number of pyridine rings is 1. The molecule has 2 fully saturated rings. The molecular weight excluding hydrogens is 206 g/mol. The summed E-state index contributed by atoms with van der Waals surface area (Å²) in [4.78, 5) is 15.0. The minimum atomic E-state index is -0.680. The maximum absolute atomic E-state index is 10.9. The lowest BCUT2D eigenvalue weighted by Crippen LogP contribution is -2.49. The number of hydrogen-bond acceptors (Lipinski definition) is 3. The molecule has 84 valence electrons. The van der Waals surface area contributed by atoms with Gasteiger partial charge in [-0.15, -0.1) is 0 Å². The van der Waals surface area contributed by atoms with E-state index in [0.717, 1.165) is 12.0 Å². The van der Waals surface area contributed by atoms with E-state index in [4.69, 9.17) is 9.84 Å². The van der Waals surface area contributed by atoms with Crippen molar-refractivity contribution in [3.63, 3.8) is 0 Å². The van der Waals surface area contributed by atoms with Crippen LogP contribution in [0.1, 0.15) is 12.0 Å². The molecule has 0 amide bonds. The van der Waals surface area contributed by atoms with Crippen LogP contribution in [0.25, 0.3) is 0 Å². The Morgan fingerprint density at radius 2 is 2.38 bits per heavy atom. The second kappa shape index (κ2) is 3.28. The van der Waals surface area contributed by atoms with Crippen LogP contribution in [0.4, 0.5) is 0 Å². The number of carboxylic acid groups (broad SMARTS) is 1. The molecule has 2 aliphatic rings. The highest BCUT2D eigenvalue weighted by atomic mass is 16.5. The average molecular weight is 219 g/mol. The molecule has 2 unspecified atom stereocenters. The molecule has 1 N–H and O–H groups in total. The molecule has 0 spiro atoms. The number of hydrogen-bond donors (Lipinski definition) is 1. The molecule has 2 atom stereocenters. The number of rotatable bonds is 3. The highest BCUT2D eigenvalue weighted by molar-refractivity contribution is 5.74. The van der Waals surface area contributed by atoms with Crippen LogP contribution < -0.4 is 0 Å². The monoisotopic (exact) mass is 219 g/mol. The molecule has 1 aromatic heterocycles. The van der Waals surface area contributed by atoms with E-state index in [9.17, 15) is 4.79 Å². The van der Waals surface area contributed by atoms with Crippen LogP contribution in [0.3, 0.4) is 0 Å². The Balaban J connectivity index is 1.88. The van der Waals surface area contributed by atoms with Gasteiger partial charge in [0.2, 0.25) is 0 Å². The zero-order valence-corrected chi connectivity index (χ0v) is 8.80. The summed E-state index contributed by atoms with van der Waals surface area (Å²) in [5.74, 6) is -0.646. The summed E-state index contributed by atoms with van der Waals surface area (Å²) in [6.07, 6.45) is 4.34. The summed E-state index contributed by atoms with van der Waals surface area (Å²) >= 11 is 0. The van der Waals surface area contributed by atoms with Gasteiger partial charge in [0.15, 0.2) is 0 Å². The van der Waals surface area contributed by atoms with E-state index in [1.807, 2.05) is 18.3 Å². The number of aromatic nitrogens is 1. The molecule has 0 aromatic carbocycles. The third kappa shape index (κ3) is 1.26. The van der Waals surface area contributed by atoms with Crippen LogP contribution in [0, 0.1) is 11.8 Å². The van der Waals surface area contributed by atoms with E-state index in [0.29, 0.717) is 13.2 Å². The molecule has 1 saturated carbocycles. The second-order valence-corrected chi connectivity index (χ2v) is 4.68. The first kappa shape index (κ1) is 9.78. The zero-order chi connectivity index (χ0) is 11.2. The van der Waals surface area contributed by atoms with Crippen LogP contribution in [0.5, 0.6) is 0 Å². The maximum Gasteiger partial charge on any atom is 0.306 e. The SMILES string of the molecule is O=C(O)C1CC1C1(c2cccnc2)COC1. The van der Waals surface area contributed by atoms with Gasteiger partial charge in [-0.05, 0) is 24.0 Å². The molecule has 4 nitrogen and oxygen atoms in total. The van der Waals surface area contributed by atoms with Crippen LogP contribution in [0.15, 0.2) is 24.5 Å². The van der Waals surface area contributed by atoms with Crippen LogP contribution >= 0.6 is 0 Å². The van der Waals surface area contributed by atoms with Gasteiger partial charge in [-0.2, -0.15) is 0 Å². The van der Waals surface area contributed by atoms with E-state index in [1.165, 1.54) is 0 Å². The van der Waals surface area contributed by atoms with Crippen molar-refractivity contribution in [3.05, 3.63) is 30.1 Å². The molecule has 1 aromatic rings. The van der Waals surface area contributed by atoms with Gasteiger partial charge in [0, 0.05) is 17.8 Å². The van der Waals surface area contributed by atoms with Gasteiger partial charge in [0.25, 0.3) is 0 Å². The molecular formula is C12H13NO3. The number of nitrogens with zero attached hydrogens (tertiary/aromatic N) is 1. The second-order valence-electron chi connectivity index (χ2n) is 4.68. The fraction of sp³-hybridized carbons (Fsp3) is 0.500. The number of ether oxygens (including phenoxy) is 1. The molecule has 1 aliphatic carbocycles. The van der Waals surface area contributed by atoms with Gasteiger partial charge in [-0.3, -0.25) is 9.78 Å². The predicted molar refractivity (Wildman–Crippen MR) is 56.0 cm³/mol. The van der Waals surface area contributed by atoms with Crippen LogP contribution in [-0.2, 0) is 14.9 Å². The molecule has 1 saturated heterocycles. The smallest absolute Gasteiger partial charge is 0.306 e. The van der Waals surface area contributed by atoms with E-state index in [-0.39, 0.29) is 17.3 Å². The quantitative estimate of drug-likeness (QED) is 0.826. The third-order valence-electron chi connectivity index (χ3n) is 3.77. The Morgan fingerprint density at radius 3 is 2.81 bits per heavy atom. The van der Waals surface area contributed by atoms with E-state index >= 15 is 0 Å². The van der Waals surface area contributed by atoms with Crippen molar-refractivity contribution in [1.82, 2.24) is 4.98 Å². The standard InChI is InChI=1S/C12H13NO3/c14-11(15)9-4-10(9)12(6-16-7-12)8-2-1-3-13-5-8/h1-3,5,9-10H,4,6-7H2,(H,14,15). The number of aliphatic carboxylic acids is 1. The van der Waals surface area contributed by atoms with Gasteiger partial charge in [-0.25, -0.2) is 0 Å². The Bertz CT molecular complexity index is 414. The fourth-order valence-corrected chi connectivity index (χ4v) is 2.65. The van der Waals surface area contributed by atoms with Gasteiger partial charge in [0.05, 0.1) is 19.1 Å². The van der Waals surface area contributed by atoms with Gasteiger partial charge in [-0.1, -0.05) is 6.07 Å². The van der Waals surface area contributed by atoms with Crippen LogP contribution in [-0.4, -0.2) is 29.3 Å². The Kier molecular flexibility index (Phi) is 2.01. The van der Waals surface area contributed by atoms with Crippen molar-refractivity contribution in [2.45, 2.75) is 11.8 Å². The highest BCUT2D eigenvalue weighted by Gasteiger charge is 2.60. The number of carboxylic acids is 1. The first-order chi connectivity index (χ1) is 7.74. The predicted octanol–water partition coefficient (Wildman–Crippen LogP) is 1.07. The lowest BCUT2D eigenvalue weighted by atomic mass is 9.74. The molecule has 4 heteroatoms. The fourth-order valence-electron chi connectivity index (χ4n) is 2.65. The average Bonchev–Trinajstić information content (AvgIpc) is 2.98. The Hall–Kier alpha value is -1.42. The van der Waals surface area contributed by atoms with Crippen molar-refractivity contribution >= 4 is 5.97 Å². The van der Waals surface area contributed by atoms with Crippen molar-refractivity contribution < 1.29 is 14.6 Å². The lowest BCUT2D eigenvalue weighted by molar-refractivity contribution is -0.140. The largest absolute Gasteiger partial charge is 0.481 e. The normalized spacial score (nSPS) is 30.5. The molecule has 0 bridgehead atoms. The minimum absolute atomic E-state index is 0.0860. The van der Waals surface area contributed by atoms with E-state index in [1.54, 1.807) is 6.20 Å².